The number of rotatable bonds is 8. The number of hydrogen-bond donors (Lipinski definition) is 2. The predicted octanol–water partition coefficient (Wildman–Crippen LogP) is 2.64. The van der Waals surface area contributed by atoms with Crippen molar-refractivity contribution in [1.82, 2.24) is 10.2 Å². The minimum absolute atomic E-state index is 0.0900. The molecule has 1 aliphatic rings. The van der Waals surface area contributed by atoms with Gasteiger partial charge in [0.05, 0.1) is 19.4 Å². The topological polar surface area (TPSA) is 93.9 Å². The number of nitrogens with one attached hydrogen (secondary N) is 1. The van der Waals surface area contributed by atoms with E-state index in [0.717, 1.165) is 5.56 Å². The van der Waals surface area contributed by atoms with Crippen LogP contribution in [-0.2, 0) is 20.9 Å². The number of likely N-dealkylation sites (tertiary alicyclic amines) is 1. The number of nitrogens with zero attached hydrogens (tertiary/aromatic N) is 1. The number of amides is 2. The number of carbonyl (C=O) groups is 2. The van der Waals surface area contributed by atoms with Crippen LogP contribution in [0.4, 0.5) is 4.79 Å². The van der Waals surface area contributed by atoms with Crippen LogP contribution in [0.2, 0.25) is 0 Å². The van der Waals surface area contributed by atoms with Crippen LogP contribution in [0.25, 0.3) is 0 Å². The molecule has 1 heterocycles. The minimum atomic E-state index is -0.558. The van der Waals surface area contributed by atoms with Gasteiger partial charge in [-0.25, -0.2) is 4.79 Å². The highest BCUT2D eigenvalue weighted by molar-refractivity contribution is 5.76. The number of hydrogen-bond acceptors (Lipinski definition) is 5. The molecule has 1 atom stereocenters. The maximum atomic E-state index is 12.3. The number of alkyl carbamates (subject to hydrolysis) is 1. The quantitative estimate of drug-likeness (QED) is 0.665. The predicted molar refractivity (Wildman–Crippen MR) is 107 cm³/mol. The lowest BCUT2D eigenvalue weighted by atomic mass is 9.96. The largest absolute Gasteiger partial charge is 0.444 e. The van der Waals surface area contributed by atoms with Gasteiger partial charge < -0.3 is 20.5 Å². The molecule has 28 heavy (non-hydrogen) atoms. The monoisotopic (exact) mass is 391 g/mol. The summed E-state index contributed by atoms with van der Waals surface area (Å²) in [5.74, 6) is -0.338. The number of benzene rings is 1. The molecule has 7 heteroatoms. The first-order valence-corrected chi connectivity index (χ1v) is 9.89. The second kappa shape index (κ2) is 10.4. The maximum absolute atomic E-state index is 12.3. The molecule has 0 bridgehead atoms. The summed E-state index contributed by atoms with van der Waals surface area (Å²) in [6.07, 6.45) is 1.38. The lowest BCUT2D eigenvalue weighted by molar-refractivity contribution is -0.123. The van der Waals surface area contributed by atoms with E-state index in [1.54, 1.807) is 0 Å². The van der Waals surface area contributed by atoms with Gasteiger partial charge in [-0.15, -0.1) is 0 Å². The van der Waals surface area contributed by atoms with Crippen LogP contribution in [0, 0.1) is 5.92 Å². The van der Waals surface area contributed by atoms with Crippen LogP contribution in [0.5, 0.6) is 0 Å². The van der Waals surface area contributed by atoms with E-state index in [4.69, 9.17) is 15.2 Å². The lowest BCUT2D eigenvalue weighted by Crippen LogP contribution is -2.53. The Morgan fingerprint density at radius 2 is 1.86 bits per heavy atom. The third-order valence-corrected chi connectivity index (χ3v) is 4.70. The molecule has 0 aliphatic carbocycles. The zero-order chi connectivity index (χ0) is 20.6. The van der Waals surface area contributed by atoms with Crippen molar-refractivity contribution >= 4 is 12.0 Å². The fourth-order valence-corrected chi connectivity index (χ4v) is 3.24. The van der Waals surface area contributed by atoms with Crippen molar-refractivity contribution in [2.45, 2.75) is 58.4 Å². The molecule has 1 fully saturated rings. The van der Waals surface area contributed by atoms with E-state index < -0.39 is 11.7 Å². The molecular formula is C21H33N3O4. The van der Waals surface area contributed by atoms with Gasteiger partial charge in [0.15, 0.2) is 0 Å². The minimum Gasteiger partial charge on any atom is -0.444 e. The molecule has 1 aliphatic heterocycles. The summed E-state index contributed by atoms with van der Waals surface area (Å²) in [7, 11) is 0. The number of carbonyl (C=O) groups excluding carboxylic acids is 2. The van der Waals surface area contributed by atoms with Gasteiger partial charge in [-0.3, -0.25) is 9.69 Å². The molecule has 0 aromatic heterocycles. The van der Waals surface area contributed by atoms with Gasteiger partial charge in [-0.1, -0.05) is 30.3 Å². The molecule has 1 aromatic rings. The van der Waals surface area contributed by atoms with Crippen LogP contribution in [-0.4, -0.2) is 48.4 Å². The van der Waals surface area contributed by atoms with Gasteiger partial charge >= 0.3 is 6.09 Å². The number of primary amides is 1. The molecule has 2 rings (SSSR count). The highest BCUT2D eigenvalue weighted by atomic mass is 16.6. The van der Waals surface area contributed by atoms with Gasteiger partial charge in [0, 0.05) is 25.4 Å². The normalized spacial score (nSPS) is 17.1. The Kier molecular flexibility index (Phi) is 8.26. The number of ether oxygens (including phenoxy) is 2. The van der Waals surface area contributed by atoms with E-state index in [0.29, 0.717) is 45.6 Å². The van der Waals surface area contributed by atoms with E-state index in [9.17, 15) is 9.59 Å². The Morgan fingerprint density at radius 1 is 1.21 bits per heavy atom. The Bertz CT molecular complexity index is 622. The van der Waals surface area contributed by atoms with Crippen molar-refractivity contribution in [2.24, 2.45) is 11.7 Å². The third-order valence-electron chi connectivity index (χ3n) is 4.70. The van der Waals surface area contributed by atoms with Crippen molar-refractivity contribution in [3.8, 4) is 0 Å². The van der Waals surface area contributed by atoms with Crippen molar-refractivity contribution in [3.63, 3.8) is 0 Å². The summed E-state index contributed by atoms with van der Waals surface area (Å²) in [6, 6.07) is 9.97. The van der Waals surface area contributed by atoms with E-state index >= 15 is 0 Å². The molecule has 0 radical (unpaired) electrons. The summed E-state index contributed by atoms with van der Waals surface area (Å²) < 4.78 is 11.2. The molecule has 0 unspecified atom stereocenters. The van der Waals surface area contributed by atoms with Crippen molar-refractivity contribution in [1.29, 1.82) is 0 Å². The fourth-order valence-electron chi connectivity index (χ4n) is 3.24. The van der Waals surface area contributed by atoms with Crippen molar-refractivity contribution in [2.75, 3.05) is 19.7 Å². The third kappa shape index (κ3) is 7.86. The molecule has 0 saturated carbocycles. The Morgan fingerprint density at radius 3 is 2.43 bits per heavy atom. The van der Waals surface area contributed by atoms with Crippen LogP contribution in [0.1, 0.15) is 45.6 Å². The molecular weight excluding hydrogens is 358 g/mol. The molecule has 0 spiro atoms. The zero-order valence-corrected chi connectivity index (χ0v) is 17.1. The van der Waals surface area contributed by atoms with Gasteiger partial charge in [-0.2, -0.15) is 0 Å². The van der Waals surface area contributed by atoms with E-state index in [2.05, 4.69) is 10.2 Å². The lowest BCUT2D eigenvalue weighted by Gasteiger charge is -2.37. The summed E-state index contributed by atoms with van der Waals surface area (Å²) in [4.78, 5) is 25.8. The van der Waals surface area contributed by atoms with Crippen LogP contribution < -0.4 is 11.1 Å². The van der Waals surface area contributed by atoms with Crippen LogP contribution in [0.15, 0.2) is 30.3 Å². The van der Waals surface area contributed by atoms with Gasteiger partial charge in [0.2, 0.25) is 5.91 Å². The second-order valence-electron chi connectivity index (χ2n) is 8.20. The maximum Gasteiger partial charge on any atom is 0.408 e. The second-order valence-corrected chi connectivity index (χ2v) is 8.20. The Balaban J connectivity index is 1.88. The smallest absolute Gasteiger partial charge is 0.408 e. The number of nitrogens with two attached hydrogens (primary N) is 1. The average molecular weight is 392 g/mol. The average Bonchev–Trinajstić information content (AvgIpc) is 2.63. The highest BCUT2D eigenvalue weighted by Crippen LogP contribution is 2.19. The summed E-state index contributed by atoms with van der Waals surface area (Å²) in [6.45, 7) is 7.95. The summed E-state index contributed by atoms with van der Waals surface area (Å²) in [5.41, 5.74) is 5.98. The molecule has 156 valence electrons. The van der Waals surface area contributed by atoms with E-state index in [-0.39, 0.29) is 18.0 Å². The molecule has 2 amide bonds. The molecule has 1 aromatic carbocycles. The van der Waals surface area contributed by atoms with Crippen LogP contribution in [0.3, 0.4) is 0 Å². The standard InChI is InChI=1S/C21H33N3O4/c1-21(2,3)28-20(26)23-18(24-12-9-17(10-13-24)19(22)25)11-14-27-15-16-7-5-4-6-8-16/h4-8,17-18H,9-15H2,1-3H3,(H2,22,25)(H,23,26)/t18-/m1/s1. The Hall–Kier alpha value is -2.12. The van der Waals surface area contributed by atoms with E-state index in [1.165, 1.54) is 0 Å². The van der Waals surface area contributed by atoms with Gasteiger partial charge in [0.1, 0.15) is 5.60 Å². The van der Waals surface area contributed by atoms with Gasteiger partial charge in [0.25, 0.3) is 0 Å². The molecule has 3 N–H and O–H groups in total. The first-order valence-electron chi connectivity index (χ1n) is 9.89. The zero-order valence-electron chi connectivity index (χ0n) is 17.1. The summed E-state index contributed by atoms with van der Waals surface area (Å²) >= 11 is 0. The Labute approximate surface area is 167 Å². The van der Waals surface area contributed by atoms with E-state index in [1.807, 2.05) is 51.1 Å². The van der Waals surface area contributed by atoms with Crippen molar-refractivity contribution < 1.29 is 19.1 Å². The highest BCUT2D eigenvalue weighted by Gasteiger charge is 2.29. The van der Waals surface area contributed by atoms with Gasteiger partial charge in [-0.05, 0) is 39.2 Å². The number of piperidine rings is 1. The fraction of sp³-hybridized carbons (Fsp3) is 0.619. The summed E-state index contributed by atoms with van der Waals surface area (Å²) in [5, 5.41) is 2.95. The first kappa shape index (κ1) is 22.2. The van der Waals surface area contributed by atoms with Crippen LogP contribution >= 0.6 is 0 Å². The molecule has 7 nitrogen and oxygen atoms in total. The first-order chi connectivity index (χ1) is 13.2. The SMILES string of the molecule is CC(C)(C)OC(=O)N[C@@H](CCOCc1ccccc1)N1CCC(C(N)=O)CC1. The van der Waals surface area contributed by atoms with Crippen molar-refractivity contribution in [3.05, 3.63) is 35.9 Å². The molecule has 1 saturated heterocycles.